The van der Waals surface area contributed by atoms with Gasteiger partial charge in [-0.2, -0.15) is 5.10 Å². The van der Waals surface area contributed by atoms with Crippen molar-refractivity contribution in [2.75, 3.05) is 5.43 Å². The minimum absolute atomic E-state index is 0.348. The first-order chi connectivity index (χ1) is 12.4. The molecule has 26 heavy (non-hydrogen) atoms. The number of hydrogen-bond donors (Lipinski definition) is 1. The molecule has 1 unspecified atom stereocenters. The maximum atomic E-state index is 4.55. The van der Waals surface area contributed by atoms with Crippen molar-refractivity contribution in [2.45, 2.75) is 47.5 Å². The molecule has 0 heterocycles. The third-order valence-electron chi connectivity index (χ3n) is 5.45. The van der Waals surface area contributed by atoms with Crippen LogP contribution in [0.5, 0.6) is 0 Å². The Kier molecular flexibility index (Phi) is 5.13. The van der Waals surface area contributed by atoms with Crippen LogP contribution in [0.15, 0.2) is 64.3 Å². The number of anilines is 1. The molecule has 134 valence electrons. The highest BCUT2D eigenvalue weighted by Crippen LogP contribution is 2.38. The highest BCUT2D eigenvalue weighted by molar-refractivity contribution is 5.83. The lowest BCUT2D eigenvalue weighted by molar-refractivity contribution is 0.999. The second kappa shape index (κ2) is 7.33. The van der Waals surface area contributed by atoms with Crippen LogP contribution >= 0.6 is 0 Å². The average Bonchev–Trinajstić information content (AvgIpc) is 2.85. The predicted molar refractivity (Wildman–Crippen MR) is 113 cm³/mol. The first-order valence-corrected chi connectivity index (χ1v) is 9.20. The van der Waals surface area contributed by atoms with Crippen molar-refractivity contribution in [1.29, 1.82) is 0 Å². The fourth-order valence-electron chi connectivity index (χ4n) is 3.80. The number of allylic oxidation sites excluding steroid dienone is 4. The van der Waals surface area contributed by atoms with E-state index in [2.05, 4.69) is 94.5 Å². The topological polar surface area (TPSA) is 24.4 Å². The van der Waals surface area contributed by atoms with E-state index in [1.54, 1.807) is 0 Å². The van der Waals surface area contributed by atoms with E-state index in [4.69, 9.17) is 0 Å². The molecule has 0 fully saturated rings. The van der Waals surface area contributed by atoms with Crippen LogP contribution in [0.4, 0.5) is 5.69 Å². The van der Waals surface area contributed by atoms with Crippen LogP contribution < -0.4 is 5.43 Å². The maximum absolute atomic E-state index is 4.55. The fourth-order valence-corrected chi connectivity index (χ4v) is 3.80. The number of aryl methyl sites for hydroxylation is 3. The molecule has 0 bridgehead atoms. The Labute approximate surface area is 157 Å². The Morgan fingerprint density at radius 3 is 2.19 bits per heavy atom. The van der Waals surface area contributed by atoms with Gasteiger partial charge in [-0.15, -0.1) is 0 Å². The standard InChI is InChI=1S/C24H28N2/c1-15-11-17(3)24(18(4)12-15)26-25-14-21-9-7-8-10-22(21)23-13-16(2)19(5)20(23)6/h7-14,23,26H,1-6H3. The summed E-state index contributed by atoms with van der Waals surface area (Å²) in [5.41, 5.74) is 14.7. The largest absolute Gasteiger partial charge is 0.278 e. The SMILES string of the molecule is CC1=CC(c2ccccc2C=NNc2c(C)cc(C)cc2C)C(C)=C1C. The zero-order valence-corrected chi connectivity index (χ0v) is 16.6. The first-order valence-electron chi connectivity index (χ1n) is 9.20. The molecule has 1 aliphatic rings. The quantitative estimate of drug-likeness (QED) is 0.501. The highest BCUT2D eigenvalue weighted by Gasteiger charge is 2.21. The average molecular weight is 345 g/mol. The van der Waals surface area contributed by atoms with E-state index in [0.717, 1.165) is 11.3 Å². The number of rotatable bonds is 4. The van der Waals surface area contributed by atoms with Gasteiger partial charge in [-0.3, -0.25) is 5.43 Å². The summed E-state index contributed by atoms with van der Waals surface area (Å²) in [6.45, 7) is 13.0. The molecule has 2 aromatic rings. The molecular weight excluding hydrogens is 316 g/mol. The number of nitrogens with zero attached hydrogens (tertiary/aromatic N) is 1. The molecule has 0 saturated carbocycles. The van der Waals surface area contributed by atoms with Crippen LogP contribution in [0.25, 0.3) is 0 Å². The van der Waals surface area contributed by atoms with Gasteiger partial charge in [-0.05, 0) is 69.4 Å². The van der Waals surface area contributed by atoms with Crippen molar-refractivity contribution in [3.63, 3.8) is 0 Å². The van der Waals surface area contributed by atoms with Gasteiger partial charge >= 0.3 is 0 Å². The van der Waals surface area contributed by atoms with E-state index in [9.17, 15) is 0 Å². The summed E-state index contributed by atoms with van der Waals surface area (Å²) < 4.78 is 0. The third kappa shape index (κ3) is 3.50. The first kappa shape index (κ1) is 18.2. The smallest absolute Gasteiger partial charge is 0.0620 e. The Morgan fingerprint density at radius 2 is 1.58 bits per heavy atom. The second-order valence-corrected chi connectivity index (χ2v) is 7.41. The van der Waals surface area contributed by atoms with E-state index in [1.807, 2.05) is 6.21 Å². The summed E-state index contributed by atoms with van der Waals surface area (Å²) in [5.74, 6) is 0.348. The summed E-state index contributed by atoms with van der Waals surface area (Å²) in [5, 5.41) is 4.55. The molecule has 0 spiro atoms. The molecular formula is C24H28N2. The molecule has 0 amide bonds. The minimum Gasteiger partial charge on any atom is -0.278 e. The van der Waals surface area contributed by atoms with Crippen molar-refractivity contribution in [1.82, 2.24) is 0 Å². The molecule has 3 rings (SSSR count). The van der Waals surface area contributed by atoms with Crippen molar-refractivity contribution in [3.8, 4) is 0 Å². The van der Waals surface area contributed by atoms with Gasteiger partial charge in [-0.25, -0.2) is 0 Å². The molecule has 1 N–H and O–H groups in total. The summed E-state index contributed by atoms with van der Waals surface area (Å²) in [6, 6.07) is 12.9. The van der Waals surface area contributed by atoms with Gasteiger partial charge in [0.25, 0.3) is 0 Å². The van der Waals surface area contributed by atoms with Crippen LogP contribution in [0, 0.1) is 20.8 Å². The van der Waals surface area contributed by atoms with Crippen LogP contribution in [0.1, 0.15) is 54.5 Å². The highest BCUT2D eigenvalue weighted by atomic mass is 15.3. The lowest BCUT2D eigenvalue weighted by Gasteiger charge is -2.14. The summed E-state index contributed by atoms with van der Waals surface area (Å²) in [4.78, 5) is 0. The Morgan fingerprint density at radius 1 is 0.923 bits per heavy atom. The molecule has 1 atom stereocenters. The zero-order chi connectivity index (χ0) is 18.8. The number of benzene rings is 2. The van der Waals surface area contributed by atoms with E-state index >= 15 is 0 Å². The van der Waals surface area contributed by atoms with E-state index in [0.29, 0.717) is 5.92 Å². The summed E-state index contributed by atoms with van der Waals surface area (Å²) in [7, 11) is 0. The van der Waals surface area contributed by atoms with Gasteiger partial charge in [0.15, 0.2) is 0 Å². The Balaban J connectivity index is 1.88. The summed E-state index contributed by atoms with van der Waals surface area (Å²) in [6.07, 6.45) is 4.30. The van der Waals surface area contributed by atoms with E-state index in [1.165, 1.54) is 39.0 Å². The Bertz CT molecular complexity index is 906. The van der Waals surface area contributed by atoms with Gasteiger partial charge in [-0.1, -0.05) is 59.2 Å². The monoisotopic (exact) mass is 344 g/mol. The molecule has 2 nitrogen and oxygen atoms in total. The molecule has 1 aliphatic carbocycles. The zero-order valence-electron chi connectivity index (χ0n) is 16.6. The third-order valence-corrected chi connectivity index (χ3v) is 5.45. The molecule has 0 aliphatic heterocycles. The van der Waals surface area contributed by atoms with Crippen molar-refractivity contribution in [2.24, 2.45) is 5.10 Å². The summed E-state index contributed by atoms with van der Waals surface area (Å²) >= 11 is 0. The van der Waals surface area contributed by atoms with Crippen LogP contribution in [0.2, 0.25) is 0 Å². The van der Waals surface area contributed by atoms with Crippen molar-refractivity contribution in [3.05, 3.63) is 87.0 Å². The molecule has 0 radical (unpaired) electrons. The van der Waals surface area contributed by atoms with Crippen molar-refractivity contribution >= 4 is 11.9 Å². The van der Waals surface area contributed by atoms with Crippen LogP contribution in [-0.2, 0) is 0 Å². The minimum atomic E-state index is 0.348. The normalized spacial score (nSPS) is 17.2. The maximum Gasteiger partial charge on any atom is 0.0620 e. The number of hydrogen-bond acceptors (Lipinski definition) is 2. The molecule has 2 heteroatoms. The van der Waals surface area contributed by atoms with Gasteiger partial charge in [0.2, 0.25) is 0 Å². The predicted octanol–water partition coefficient (Wildman–Crippen LogP) is 6.44. The van der Waals surface area contributed by atoms with Gasteiger partial charge in [0, 0.05) is 5.92 Å². The van der Waals surface area contributed by atoms with Gasteiger partial charge in [0.1, 0.15) is 0 Å². The van der Waals surface area contributed by atoms with E-state index in [-0.39, 0.29) is 0 Å². The molecule has 0 saturated heterocycles. The van der Waals surface area contributed by atoms with Gasteiger partial charge in [0.05, 0.1) is 11.9 Å². The van der Waals surface area contributed by atoms with Crippen molar-refractivity contribution < 1.29 is 0 Å². The second-order valence-electron chi connectivity index (χ2n) is 7.41. The number of nitrogens with one attached hydrogen (secondary N) is 1. The van der Waals surface area contributed by atoms with E-state index < -0.39 is 0 Å². The van der Waals surface area contributed by atoms with Crippen LogP contribution in [-0.4, -0.2) is 6.21 Å². The number of hydrazone groups is 1. The fraction of sp³-hybridized carbons (Fsp3) is 0.292. The Hall–Kier alpha value is -2.61. The van der Waals surface area contributed by atoms with Gasteiger partial charge < -0.3 is 0 Å². The molecule has 0 aromatic heterocycles. The molecule has 2 aromatic carbocycles. The lowest BCUT2D eigenvalue weighted by atomic mass is 9.90. The lowest BCUT2D eigenvalue weighted by Crippen LogP contribution is -2.02. The van der Waals surface area contributed by atoms with Crippen LogP contribution in [0.3, 0.4) is 0 Å².